The van der Waals surface area contributed by atoms with Crippen LogP contribution in [-0.4, -0.2) is 40.7 Å². The summed E-state index contributed by atoms with van der Waals surface area (Å²) in [4.78, 5) is 14.6. The SMILES string of the molecule is CC(C)n1cc(N)cc1C(=O)N1CC2CCC(C1)O2. The number of hydrogen-bond acceptors (Lipinski definition) is 3. The lowest BCUT2D eigenvalue weighted by atomic mass is 10.2. The number of carbonyl (C=O) groups excluding carboxylic acids is 1. The Morgan fingerprint density at radius 3 is 2.58 bits per heavy atom. The van der Waals surface area contributed by atoms with Crippen LogP contribution in [0.25, 0.3) is 0 Å². The summed E-state index contributed by atoms with van der Waals surface area (Å²) in [6.07, 6.45) is 4.43. The summed E-state index contributed by atoms with van der Waals surface area (Å²) in [5, 5.41) is 0. The first-order valence-electron chi connectivity index (χ1n) is 6.96. The van der Waals surface area contributed by atoms with Crippen LogP contribution in [0, 0.1) is 0 Å². The maximum atomic E-state index is 12.7. The van der Waals surface area contributed by atoms with E-state index in [1.54, 1.807) is 6.07 Å². The molecule has 2 saturated heterocycles. The third-order valence-corrected chi connectivity index (χ3v) is 3.98. The maximum Gasteiger partial charge on any atom is 0.270 e. The summed E-state index contributed by atoms with van der Waals surface area (Å²) < 4.78 is 7.72. The first-order chi connectivity index (χ1) is 9.04. The fourth-order valence-corrected chi connectivity index (χ4v) is 3.04. The Morgan fingerprint density at radius 2 is 2.00 bits per heavy atom. The van der Waals surface area contributed by atoms with Crippen LogP contribution in [0.2, 0.25) is 0 Å². The molecule has 2 N–H and O–H groups in total. The van der Waals surface area contributed by atoms with Gasteiger partial charge < -0.3 is 19.9 Å². The van der Waals surface area contributed by atoms with E-state index in [1.165, 1.54) is 0 Å². The van der Waals surface area contributed by atoms with Crippen LogP contribution >= 0.6 is 0 Å². The minimum atomic E-state index is 0.0746. The molecular formula is C14H21N3O2. The average molecular weight is 263 g/mol. The maximum absolute atomic E-state index is 12.7. The number of nitrogens with zero attached hydrogens (tertiary/aromatic N) is 2. The van der Waals surface area contributed by atoms with E-state index in [4.69, 9.17) is 10.5 Å². The number of nitrogen functional groups attached to an aromatic ring is 1. The molecule has 19 heavy (non-hydrogen) atoms. The number of rotatable bonds is 2. The number of amides is 1. The largest absolute Gasteiger partial charge is 0.397 e. The van der Waals surface area contributed by atoms with Gasteiger partial charge in [-0.15, -0.1) is 0 Å². The van der Waals surface area contributed by atoms with Crippen molar-refractivity contribution in [1.82, 2.24) is 9.47 Å². The Morgan fingerprint density at radius 1 is 1.37 bits per heavy atom. The third-order valence-electron chi connectivity index (χ3n) is 3.98. The van der Waals surface area contributed by atoms with Crippen molar-refractivity contribution < 1.29 is 9.53 Å². The number of anilines is 1. The van der Waals surface area contributed by atoms with Gasteiger partial charge in [0.2, 0.25) is 0 Å². The molecule has 0 aromatic carbocycles. The van der Waals surface area contributed by atoms with E-state index in [2.05, 4.69) is 13.8 Å². The molecule has 2 aliphatic rings. The summed E-state index contributed by atoms with van der Waals surface area (Å²) in [5.41, 5.74) is 7.17. The van der Waals surface area contributed by atoms with E-state index in [0.717, 1.165) is 12.8 Å². The van der Waals surface area contributed by atoms with Crippen LogP contribution in [0.15, 0.2) is 12.3 Å². The molecule has 1 amide bonds. The van der Waals surface area contributed by atoms with Crippen LogP contribution in [-0.2, 0) is 4.74 Å². The molecule has 3 heterocycles. The average Bonchev–Trinajstić information content (AvgIpc) is 2.91. The fourth-order valence-electron chi connectivity index (χ4n) is 3.04. The number of likely N-dealkylation sites (tertiary alicyclic amines) is 1. The predicted molar refractivity (Wildman–Crippen MR) is 73.0 cm³/mol. The lowest BCUT2D eigenvalue weighted by Crippen LogP contribution is -2.46. The normalized spacial score (nSPS) is 26.2. The minimum absolute atomic E-state index is 0.0746. The smallest absolute Gasteiger partial charge is 0.270 e. The van der Waals surface area contributed by atoms with Crippen molar-refractivity contribution in [2.45, 2.75) is 44.9 Å². The van der Waals surface area contributed by atoms with Crippen molar-refractivity contribution in [3.63, 3.8) is 0 Å². The third kappa shape index (κ3) is 2.23. The molecule has 1 aromatic heterocycles. The molecule has 0 saturated carbocycles. The van der Waals surface area contributed by atoms with Gasteiger partial charge in [0, 0.05) is 25.3 Å². The molecule has 0 aliphatic carbocycles. The molecule has 2 atom stereocenters. The predicted octanol–water partition coefficient (Wildman–Crippen LogP) is 1.65. The second-order valence-corrected chi connectivity index (χ2v) is 5.83. The lowest BCUT2D eigenvalue weighted by Gasteiger charge is -2.32. The number of nitrogens with two attached hydrogens (primary N) is 1. The van der Waals surface area contributed by atoms with Crippen LogP contribution < -0.4 is 5.73 Å². The number of morpholine rings is 1. The van der Waals surface area contributed by atoms with Crippen molar-refractivity contribution in [2.75, 3.05) is 18.8 Å². The zero-order valence-electron chi connectivity index (χ0n) is 11.5. The molecule has 5 heteroatoms. The number of fused-ring (bicyclic) bond motifs is 2. The molecule has 104 valence electrons. The van der Waals surface area contributed by atoms with Crippen LogP contribution in [0.4, 0.5) is 5.69 Å². The number of ether oxygens (including phenoxy) is 1. The second kappa shape index (κ2) is 4.56. The summed E-state index contributed by atoms with van der Waals surface area (Å²) >= 11 is 0. The van der Waals surface area contributed by atoms with Gasteiger partial charge >= 0.3 is 0 Å². The molecule has 2 bridgehead atoms. The Hall–Kier alpha value is -1.49. The van der Waals surface area contributed by atoms with Crippen molar-refractivity contribution in [3.05, 3.63) is 18.0 Å². The summed E-state index contributed by atoms with van der Waals surface area (Å²) in [6, 6.07) is 2.01. The Labute approximate surface area is 113 Å². The minimum Gasteiger partial charge on any atom is -0.397 e. The van der Waals surface area contributed by atoms with Gasteiger partial charge in [0.1, 0.15) is 5.69 Å². The second-order valence-electron chi connectivity index (χ2n) is 5.83. The molecule has 0 spiro atoms. The Balaban J connectivity index is 1.84. The number of hydrogen-bond donors (Lipinski definition) is 1. The summed E-state index contributed by atoms with van der Waals surface area (Å²) in [7, 11) is 0. The summed E-state index contributed by atoms with van der Waals surface area (Å²) in [5.74, 6) is 0.0746. The molecular weight excluding hydrogens is 242 g/mol. The zero-order valence-corrected chi connectivity index (χ0v) is 11.5. The van der Waals surface area contributed by atoms with E-state index >= 15 is 0 Å². The van der Waals surface area contributed by atoms with Gasteiger partial charge in [-0.25, -0.2) is 0 Å². The van der Waals surface area contributed by atoms with Gasteiger partial charge in [-0.05, 0) is 32.8 Å². The number of carbonyl (C=O) groups is 1. The molecule has 2 unspecified atom stereocenters. The standard InChI is InChI=1S/C14H21N3O2/c1-9(2)17-6-10(15)5-13(17)14(18)16-7-11-3-4-12(8-16)19-11/h5-6,9,11-12H,3-4,7-8,15H2,1-2H3. The highest BCUT2D eigenvalue weighted by atomic mass is 16.5. The van der Waals surface area contributed by atoms with E-state index in [1.807, 2.05) is 15.7 Å². The highest BCUT2D eigenvalue weighted by Gasteiger charge is 2.36. The van der Waals surface area contributed by atoms with Crippen molar-refractivity contribution in [2.24, 2.45) is 0 Å². The van der Waals surface area contributed by atoms with E-state index < -0.39 is 0 Å². The lowest BCUT2D eigenvalue weighted by molar-refractivity contribution is -0.0307. The Bertz CT molecular complexity index is 483. The topological polar surface area (TPSA) is 60.5 Å². The van der Waals surface area contributed by atoms with Gasteiger partial charge in [-0.3, -0.25) is 4.79 Å². The monoisotopic (exact) mass is 263 g/mol. The molecule has 5 nitrogen and oxygen atoms in total. The highest BCUT2D eigenvalue weighted by molar-refractivity contribution is 5.94. The fraction of sp³-hybridized carbons (Fsp3) is 0.643. The molecule has 0 radical (unpaired) electrons. The highest BCUT2D eigenvalue weighted by Crippen LogP contribution is 2.28. The van der Waals surface area contributed by atoms with E-state index in [-0.39, 0.29) is 24.2 Å². The first-order valence-corrected chi connectivity index (χ1v) is 6.96. The molecule has 2 fully saturated rings. The quantitative estimate of drug-likeness (QED) is 0.882. The Kier molecular flexibility index (Phi) is 3.01. The van der Waals surface area contributed by atoms with Crippen molar-refractivity contribution >= 4 is 11.6 Å². The van der Waals surface area contributed by atoms with Gasteiger partial charge in [-0.1, -0.05) is 0 Å². The molecule has 1 aromatic rings. The zero-order chi connectivity index (χ0) is 13.6. The first kappa shape index (κ1) is 12.5. The van der Waals surface area contributed by atoms with Gasteiger partial charge in [0.25, 0.3) is 5.91 Å². The molecule has 2 aliphatic heterocycles. The van der Waals surface area contributed by atoms with Crippen LogP contribution in [0.5, 0.6) is 0 Å². The summed E-state index contributed by atoms with van der Waals surface area (Å²) in [6.45, 7) is 5.52. The number of aromatic nitrogens is 1. The van der Waals surface area contributed by atoms with Gasteiger partial charge in [0.05, 0.1) is 17.9 Å². The van der Waals surface area contributed by atoms with Crippen molar-refractivity contribution in [1.29, 1.82) is 0 Å². The van der Waals surface area contributed by atoms with Crippen molar-refractivity contribution in [3.8, 4) is 0 Å². The van der Waals surface area contributed by atoms with Crippen LogP contribution in [0.3, 0.4) is 0 Å². The van der Waals surface area contributed by atoms with Gasteiger partial charge in [0.15, 0.2) is 0 Å². The molecule has 3 rings (SSSR count). The van der Waals surface area contributed by atoms with Gasteiger partial charge in [-0.2, -0.15) is 0 Å². The van der Waals surface area contributed by atoms with Crippen LogP contribution in [0.1, 0.15) is 43.2 Å². The van der Waals surface area contributed by atoms with E-state index in [9.17, 15) is 4.79 Å². The van der Waals surface area contributed by atoms with E-state index in [0.29, 0.717) is 24.5 Å².